The largest absolute Gasteiger partial charge is 0.272 e. The first-order valence-corrected chi connectivity index (χ1v) is 8.22. The van der Waals surface area contributed by atoms with Gasteiger partial charge in [0.15, 0.2) is 5.82 Å². The monoisotopic (exact) mass is 317 g/mol. The SMILES string of the molecule is Cn1cc(S(N)(=O)=O)c(NS(=O)(=O)c2cccnc2)n1. The van der Waals surface area contributed by atoms with E-state index in [1.54, 1.807) is 0 Å². The first-order chi connectivity index (χ1) is 9.20. The minimum absolute atomic E-state index is 0.119. The van der Waals surface area contributed by atoms with E-state index in [4.69, 9.17) is 5.14 Å². The fraction of sp³-hybridized carbons (Fsp3) is 0.111. The smallest absolute Gasteiger partial charge is 0.264 e. The van der Waals surface area contributed by atoms with Gasteiger partial charge < -0.3 is 0 Å². The molecule has 0 spiro atoms. The van der Waals surface area contributed by atoms with Gasteiger partial charge in [0.25, 0.3) is 10.0 Å². The molecular weight excluding hydrogens is 306 g/mol. The van der Waals surface area contributed by atoms with Gasteiger partial charge in [0, 0.05) is 25.6 Å². The Balaban J connectivity index is 2.46. The summed E-state index contributed by atoms with van der Waals surface area (Å²) in [6.07, 6.45) is 3.65. The van der Waals surface area contributed by atoms with Crippen LogP contribution in [0.4, 0.5) is 5.82 Å². The Morgan fingerprint density at radius 2 is 2.00 bits per heavy atom. The summed E-state index contributed by atoms with van der Waals surface area (Å²) in [5.74, 6) is -0.362. The molecule has 11 heteroatoms. The van der Waals surface area contributed by atoms with Crippen LogP contribution in [0.2, 0.25) is 0 Å². The molecular formula is C9H11N5O4S2. The lowest BCUT2D eigenvalue weighted by Gasteiger charge is -2.06. The van der Waals surface area contributed by atoms with Gasteiger partial charge >= 0.3 is 0 Å². The second-order valence-electron chi connectivity index (χ2n) is 3.85. The number of rotatable bonds is 4. The highest BCUT2D eigenvalue weighted by Gasteiger charge is 2.23. The van der Waals surface area contributed by atoms with Gasteiger partial charge in [0.05, 0.1) is 0 Å². The summed E-state index contributed by atoms with van der Waals surface area (Å²) < 4.78 is 50.1. The Kier molecular flexibility index (Phi) is 3.50. The molecule has 2 aromatic rings. The lowest BCUT2D eigenvalue weighted by molar-refractivity contribution is 0.598. The number of nitrogens with zero attached hydrogens (tertiary/aromatic N) is 3. The Morgan fingerprint density at radius 3 is 2.55 bits per heavy atom. The van der Waals surface area contributed by atoms with Crippen molar-refractivity contribution >= 4 is 25.9 Å². The molecule has 2 aromatic heterocycles. The highest BCUT2D eigenvalue weighted by molar-refractivity contribution is 7.93. The molecule has 0 aromatic carbocycles. The number of nitrogens with two attached hydrogens (primary N) is 1. The summed E-state index contributed by atoms with van der Waals surface area (Å²) in [6, 6.07) is 2.75. The molecule has 0 unspecified atom stereocenters. The fourth-order valence-electron chi connectivity index (χ4n) is 1.44. The van der Waals surface area contributed by atoms with E-state index in [1.165, 1.54) is 25.4 Å². The number of pyridine rings is 1. The number of primary sulfonamides is 1. The van der Waals surface area contributed by atoms with Crippen LogP contribution < -0.4 is 9.86 Å². The van der Waals surface area contributed by atoms with Crippen LogP contribution in [-0.4, -0.2) is 31.6 Å². The Morgan fingerprint density at radius 1 is 1.30 bits per heavy atom. The normalized spacial score (nSPS) is 12.3. The van der Waals surface area contributed by atoms with E-state index in [0.717, 1.165) is 17.1 Å². The van der Waals surface area contributed by atoms with E-state index in [-0.39, 0.29) is 10.7 Å². The molecule has 0 saturated carbocycles. The zero-order chi connectivity index (χ0) is 15.0. The summed E-state index contributed by atoms with van der Waals surface area (Å²) >= 11 is 0. The third-order valence-corrected chi connectivity index (χ3v) is 4.51. The molecule has 0 bridgehead atoms. The number of aromatic nitrogens is 3. The second kappa shape index (κ2) is 4.85. The maximum absolute atomic E-state index is 12.1. The third kappa shape index (κ3) is 2.95. The van der Waals surface area contributed by atoms with Crippen LogP contribution in [-0.2, 0) is 27.1 Å². The van der Waals surface area contributed by atoms with Crippen LogP contribution in [0.1, 0.15) is 0 Å². The first-order valence-electron chi connectivity index (χ1n) is 5.19. The van der Waals surface area contributed by atoms with Gasteiger partial charge in [0.2, 0.25) is 10.0 Å². The van der Waals surface area contributed by atoms with Gasteiger partial charge in [-0.05, 0) is 12.1 Å². The van der Waals surface area contributed by atoms with E-state index in [0.29, 0.717) is 0 Å². The van der Waals surface area contributed by atoms with Crippen molar-refractivity contribution in [1.82, 2.24) is 14.8 Å². The van der Waals surface area contributed by atoms with Crippen molar-refractivity contribution in [3.8, 4) is 0 Å². The van der Waals surface area contributed by atoms with Crippen molar-refractivity contribution in [2.45, 2.75) is 9.79 Å². The molecule has 0 aliphatic heterocycles. The summed E-state index contributed by atoms with van der Waals surface area (Å²) in [4.78, 5) is 3.15. The Hall–Kier alpha value is -1.98. The average molecular weight is 317 g/mol. The van der Waals surface area contributed by atoms with Crippen molar-refractivity contribution in [2.24, 2.45) is 12.2 Å². The van der Waals surface area contributed by atoms with Crippen molar-refractivity contribution < 1.29 is 16.8 Å². The topological polar surface area (TPSA) is 137 Å². The summed E-state index contributed by atoms with van der Waals surface area (Å²) in [6.45, 7) is 0. The van der Waals surface area contributed by atoms with Gasteiger partial charge in [0.1, 0.15) is 9.79 Å². The third-order valence-electron chi connectivity index (χ3n) is 2.28. The molecule has 2 rings (SSSR count). The van der Waals surface area contributed by atoms with Gasteiger partial charge in [-0.15, -0.1) is 0 Å². The number of anilines is 1. The van der Waals surface area contributed by atoms with Crippen molar-refractivity contribution in [3.05, 3.63) is 30.7 Å². The highest BCUT2D eigenvalue weighted by Crippen LogP contribution is 2.20. The number of hydrogen-bond donors (Lipinski definition) is 2. The molecule has 9 nitrogen and oxygen atoms in total. The average Bonchev–Trinajstić information content (AvgIpc) is 2.70. The minimum atomic E-state index is -4.09. The minimum Gasteiger partial charge on any atom is -0.272 e. The molecule has 0 amide bonds. The highest BCUT2D eigenvalue weighted by atomic mass is 32.2. The molecule has 20 heavy (non-hydrogen) atoms. The van der Waals surface area contributed by atoms with Crippen LogP contribution in [0.15, 0.2) is 40.5 Å². The first kappa shape index (κ1) is 14.4. The molecule has 0 aliphatic carbocycles. The van der Waals surface area contributed by atoms with E-state index >= 15 is 0 Å². The van der Waals surface area contributed by atoms with E-state index in [1.807, 2.05) is 0 Å². The predicted molar refractivity (Wildman–Crippen MR) is 69.6 cm³/mol. The zero-order valence-corrected chi connectivity index (χ0v) is 11.9. The number of sulfonamides is 2. The quantitative estimate of drug-likeness (QED) is 0.762. The van der Waals surface area contributed by atoms with Gasteiger partial charge in [-0.2, -0.15) is 5.10 Å². The van der Waals surface area contributed by atoms with E-state index in [9.17, 15) is 16.8 Å². The lowest BCUT2D eigenvalue weighted by atomic mass is 10.5. The molecule has 2 heterocycles. The standard InChI is InChI=1S/C9H11N5O4S2/c1-14-6-8(19(10,15)16)9(12-14)13-20(17,18)7-3-2-4-11-5-7/h2-6H,1H3,(H,12,13)(H2,10,15,16). The maximum atomic E-state index is 12.1. The Labute approximate surface area is 115 Å². The van der Waals surface area contributed by atoms with Crippen molar-refractivity contribution in [1.29, 1.82) is 0 Å². The summed E-state index contributed by atoms with van der Waals surface area (Å²) in [7, 11) is -6.64. The van der Waals surface area contributed by atoms with E-state index in [2.05, 4.69) is 14.8 Å². The fourth-order valence-corrected chi connectivity index (χ4v) is 3.14. The van der Waals surface area contributed by atoms with Crippen molar-refractivity contribution in [3.63, 3.8) is 0 Å². The lowest BCUT2D eigenvalue weighted by Crippen LogP contribution is -2.18. The molecule has 0 fully saturated rings. The van der Waals surface area contributed by atoms with Gasteiger partial charge in [-0.3, -0.25) is 14.4 Å². The maximum Gasteiger partial charge on any atom is 0.264 e. The Bertz CT molecular complexity index is 826. The summed E-state index contributed by atoms with van der Waals surface area (Å²) in [5, 5.41) is 8.73. The van der Waals surface area contributed by atoms with E-state index < -0.39 is 24.9 Å². The molecule has 108 valence electrons. The van der Waals surface area contributed by atoms with Crippen molar-refractivity contribution in [2.75, 3.05) is 4.72 Å². The number of nitrogens with one attached hydrogen (secondary N) is 1. The van der Waals surface area contributed by atoms with Crippen LogP contribution in [0.25, 0.3) is 0 Å². The van der Waals surface area contributed by atoms with Crippen LogP contribution >= 0.6 is 0 Å². The van der Waals surface area contributed by atoms with Crippen LogP contribution in [0, 0.1) is 0 Å². The number of aryl methyl sites for hydroxylation is 1. The zero-order valence-electron chi connectivity index (χ0n) is 10.3. The predicted octanol–water partition coefficient (Wildman–Crippen LogP) is -0.737. The van der Waals surface area contributed by atoms with Crippen LogP contribution in [0.5, 0.6) is 0 Å². The number of hydrogen-bond acceptors (Lipinski definition) is 6. The molecule has 0 radical (unpaired) electrons. The van der Waals surface area contributed by atoms with Gasteiger partial charge in [-0.1, -0.05) is 0 Å². The van der Waals surface area contributed by atoms with Crippen LogP contribution in [0.3, 0.4) is 0 Å². The molecule has 0 atom stereocenters. The molecule has 0 saturated heterocycles. The molecule has 0 aliphatic rings. The summed E-state index contributed by atoms with van der Waals surface area (Å²) in [5.41, 5.74) is 0. The second-order valence-corrected chi connectivity index (χ2v) is 7.07. The van der Waals surface area contributed by atoms with Gasteiger partial charge in [-0.25, -0.2) is 22.0 Å². The molecule has 3 N–H and O–H groups in total.